The highest BCUT2D eigenvalue weighted by Crippen LogP contribution is 2.44. The molecule has 7 heteroatoms. The lowest BCUT2D eigenvalue weighted by molar-refractivity contribution is -0.366. The van der Waals surface area contributed by atoms with Crippen LogP contribution < -0.4 is 0 Å². The van der Waals surface area contributed by atoms with Crippen molar-refractivity contribution in [2.75, 3.05) is 6.61 Å². The molecule has 3 rings (SSSR count). The van der Waals surface area contributed by atoms with Crippen LogP contribution in [0.25, 0.3) is 10.8 Å². The number of hydrogen-bond donors (Lipinski definition) is 5. The molecule has 0 saturated carbocycles. The predicted molar refractivity (Wildman–Crippen MR) is 82.6 cm³/mol. The van der Waals surface area contributed by atoms with Gasteiger partial charge in [-0.1, -0.05) is 54.1 Å². The molecule has 124 valence electrons. The molecule has 23 heavy (non-hydrogen) atoms. The van der Waals surface area contributed by atoms with Crippen molar-refractivity contribution < 1.29 is 30.3 Å². The van der Waals surface area contributed by atoms with Crippen molar-refractivity contribution in [2.45, 2.75) is 29.2 Å². The van der Waals surface area contributed by atoms with Crippen LogP contribution >= 0.6 is 11.6 Å². The molecule has 5 atom stereocenters. The molecule has 0 radical (unpaired) electrons. The van der Waals surface area contributed by atoms with E-state index >= 15 is 0 Å². The summed E-state index contributed by atoms with van der Waals surface area (Å²) in [7, 11) is 0. The average molecular weight is 341 g/mol. The van der Waals surface area contributed by atoms with Crippen molar-refractivity contribution in [1.82, 2.24) is 0 Å². The molecule has 1 aliphatic rings. The van der Waals surface area contributed by atoms with E-state index in [-0.39, 0.29) is 5.56 Å². The molecule has 1 aliphatic heterocycles. The smallest absolute Gasteiger partial charge is 0.223 e. The summed E-state index contributed by atoms with van der Waals surface area (Å²) in [5.41, 5.74) is 0.202. The summed E-state index contributed by atoms with van der Waals surface area (Å²) < 4.78 is 5.33. The fourth-order valence-corrected chi connectivity index (χ4v) is 3.15. The molecule has 2 aromatic carbocycles. The molecule has 1 fully saturated rings. The second kappa shape index (κ2) is 5.68. The second-order valence-electron chi connectivity index (χ2n) is 5.63. The Morgan fingerprint density at radius 3 is 2.35 bits per heavy atom. The second-order valence-corrected chi connectivity index (χ2v) is 6.23. The number of rotatable bonds is 2. The van der Waals surface area contributed by atoms with E-state index in [2.05, 4.69) is 0 Å². The van der Waals surface area contributed by atoms with E-state index in [0.29, 0.717) is 5.39 Å². The van der Waals surface area contributed by atoms with Crippen LogP contribution in [-0.4, -0.2) is 55.5 Å². The molecule has 6 nitrogen and oxygen atoms in total. The summed E-state index contributed by atoms with van der Waals surface area (Å²) in [6.07, 6.45) is -5.34. The number of fused-ring (bicyclic) bond motifs is 1. The van der Waals surface area contributed by atoms with E-state index in [4.69, 9.17) is 16.3 Å². The Hall–Kier alpha value is -1.25. The highest BCUT2D eigenvalue weighted by molar-refractivity contribution is 6.23. The molecule has 0 bridgehead atoms. The van der Waals surface area contributed by atoms with Gasteiger partial charge >= 0.3 is 0 Å². The number of halogens is 1. The van der Waals surface area contributed by atoms with Gasteiger partial charge in [-0.2, -0.15) is 0 Å². The van der Waals surface area contributed by atoms with E-state index in [1.54, 1.807) is 18.2 Å². The highest BCUT2D eigenvalue weighted by atomic mass is 35.5. The first-order valence-electron chi connectivity index (χ1n) is 7.09. The summed E-state index contributed by atoms with van der Waals surface area (Å²) in [4.78, 5) is 0. The number of hydrogen-bond acceptors (Lipinski definition) is 6. The minimum atomic E-state index is -2.43. The van der Waals surface area contributed by atoms with Crippen LogP contribution in [0.15, 0.2) is 42.5 Å². The maximum absolute atomic E-state index is 10.9. The summed E-state index contributed by atoms with van der Waals surface area (Å²) in [5, 5.41) is 49.6. The van der Waals surface area contributed by atoms with Gasteiger partial charge in [0.2, 0.25) is 5.79 Å². The van der Waals surface area contributed by atoms with E-state index in [9.17, 15) is 25.5 Å². The van der Waals surface area contributed by atoms with E-state index in [1.807, 2.05) is 18.2 Å². The van der Waals surface area contributed by atoms with Gasteiger partial charge < -0.3 is 30.3 Å². The van der Waals surface area contributed by atoms with E-state index < -0.39 is 35.8 Å². The van der Waals surface area contributed by atoms with Crippen LogP contribution in [0.2, 0.25) is 0 Å². The molecule has 1 saturated heterocycles. The molecular weight excluding hydrogens is 324 g/mol. The number of aliphatic hydroxyl groups excluding tert-OH is 3. The maximum atomic E-state index is 10.9. The Morgan fingerprint density at radius 1 is 1.00 bits per heavy atom. The third-order valence-electron chi connectivity index (χ3n) is 4.23. The van der Waals surface area contributed by atoms with Gasteiger partial charge in [-0.3, -0.25) is 0 Å². The van der Waals surface area contributed by atoms with Crippen LogP contribution in [0, 0.1) is 0 Å². The van der Waals surface area contributed by atoms with E-state index in [0.717, 1.165) is 5.39 Å². The lowest BCUT2D eigenvalue weighted by atomic mass is 9.85. The molecule has 0 spiro atoms. The van der Waals surface area contributed by atoms with Crippen molar-refractivity contribution in [3.05, 3.63) is 48.0 Å². The molecular formula is C16H17ClO6. The van der Waals surface area contributed by atoms with Crippen molar-refractivity contribution in [3.63, 3.8) is 0 Å². The molecule has 2 aromatic rings. The molecule has 0 aromatic heterocycles. The predicted octanol–water partition coefficient (Wildman–Crippen LogP) is 0.0252. The first kappa shape index (κ1) is 16.6. The average Bonchev–Trinajstić information content (AvgIpc) is 2.56. The molecule has 0 amide bonds. The van der Waals surface area contributed by atoms with Crippen molar-refractivity contribution in [1.29, 1.82) is 0 Å². The first-order valence-corrected chi connectivity index (χ1v) is 7.47. The van der Waals surface area contributed by atoms with Crippen molar-refractivity contribution in [2.24, 2.45) is 0 Å². The molecule has 0 unspecified atom stereocenters. The largest absolute Gasteiger partial charge is 0.394 e. The van der Waals surface area contributed by atoms with Gasteiger partial charge in [0.05, 0.1) is 6.61 Å². The zero-order valence-electron chi connectivity index (χ0n) is 12.0. The molecule has 5 N–H and O–H groups in total. The third kappa shape index (κ3) is 2.43. The standard InChI is InChI=1S/C16H17ClO6/c17-15(21)12(8-18)23-16(22,14(20)13(15)19)11-7-3-5-9-4-1-2-6-10(9)11/h1-7,12-14,18-22H,8H2/t12-,13-,14-,15+,16+/m1/s1. The Morgan fingerprint density at radius 2 is 1.65 bits per heavy atom. The third-order valence-corrected chi connectivity index (χ3v) is 4.70. The first-order chi connectivity index (χ1) is 10.8. The fraction of sp³-hybridized carbons (Fsp3) is 0.375. The Kier molecular flexibility index (Phi) is 4.10. The lowest BCUT2D eigenvalue weighted by Crippen LogP contribution is -2.68. The summed E-state index contributed by atoms with van der Waals surface area (Å²) in [6, 6.07) is 12.1. The number of alkyl halides is 1. The van der Waals surface area contributed by atoms with Crippen LogP contribution in [0.3, 0.4) is 0 Å². The molecule has 1 heterocycles. The Bertz CT molecular complexity index is 711. The molecule has 0 aliphatic carbocycles. The summed E-state index contributed by atoms with van der Waals surface area (Å²) in [5.74, 6) is -2.34. The van der Waals surface area contributed by atoms with Crippen molar-refractivity contribution >= 4 is 22.4 Å². The van der Waals surface area contributed by atoms with Gasteiger partial charge in [0.1, 0.15) is 18.3 Å². The minimum absolute atomic E-state index is 0.202. The van der Waals surface area contributed by atoms with E-state index in [1.165, 1.54) is 6.07 Å². The quantitative estimate of drug-likeness (QED) is 0.493. The highest BCUT2D eigenvalue weighted by Gasteiger charge is 2.60. The summed E-state index contributed by atoms with van der Waals surface area (Å²) in [6.45, 7) is -0.753. The van der Waals surface area contributed by atoms with Crippen LogP contribution in [0.5, 0.6) is 0 Å². The van der Waals surface area contributed by atoms with Crippen LogP contribution in [-0.2, 0) is 10.5 Å². The van der Waals surface area contributed by atoms with Crippen LogP contribution in [0.4, 0.5) is 0 Å². The van der Waals surface area contributed by atoms with Gasteiger partial charge in [-0.15, -0.1) is 0 Å². The SMILES string of the molecule is OC[C@H]1O[C@@](O)(c2cccc3ccccc23)[C@H](O)[C@@H](O)[C@]1(O)Cl. The van der Waals surface area contributed by atoms with Gasteiger partial charge in [0.15, 0.2) is 5.06 Å². The van der Waals surface area contributed by atoms with Gasteiger partial charge in [-0.25, -0.2) is 0 Å². The Labute approximate surface area is 137 Å². The number of aliphatic hydroxyl groups is 5. The fourth-order valence-electron chi connectivity index (χ4n) is 2.92. The van der Waals surface area contributed by atoms with Crippen molar-refractivity contribution in [3.8, 4) is 0 Å². The van der Waals surface area contributed by atoms with Crippen LogP contribution in [0.1, 0.15) is 5.56 Å². The summed E-state index contributed by atoms with van der Waals surface area (Å²) >= 11 is 5.77. The van der Waals surface area contributed by atoms with Gasteiger partial charge in [0.25, 0.3) is 0 Å². The minimum Gasteiger partial charge on any atom is -0.394 e. The number of ether oxygens (including phenoxy) is 1. The lowest BCUT2D eigenvalue weighted by Gasteiger charge is -2.49. The Balaban J connectivity index is 2.16. The van der Waals surface area contributed by atoms with Gasteiger partial charge in [0, 0.05) is 5.56 Å². The monoisotopic (exact) mass is 340 g/mol. The topological polar surface area (TPSA) is 110 Å². The van der Waals surface area contributed by atoms with Gasteiger partial charge in [-0.05, 0) is 10.8 Å². The maximum Gasteiger partial charge on any atom is 0.223 e. The number of benzene rings is 2. The normalized spacial score (nSPS) is 37.9. The zero-order valence-corrected chi connectivity index (χ0v) is 12.8. The zero-order chi connectivity index (χ0) is 16.8.